The number of nitrogens with zero attached hydrogens (tertiary/aromatic N) is 3. The number of aromatic nitrogens is 1. The highest BCUT2D eigenvalue weighted by Gasteiger charge is 2.27. The number of benzene rings is 1. The zero-order chi connectivity index (χ0) is 22.7. The number of amides is 2. The lowest BCUT2D eigenvalue weighted by Crippen LogP contribution is -2.41. The zero-order valence-electron chi connectivity index (χ0n) is 17.7. The van der Waals surface area contributed by atoms with Crippen LogP contribution in [0.3, 0.4) is 0 Å². The van der Waals surface area contributed by atoms with Crippen LogP contribution in [-0.4, -0.2) is 55.7 Å². The van der Waals surface area contributed by atoms with Gasteiger partial charge < -0.3 is 16.0 Å². The van der Waals surface area contributed by atoms with E-state index in [-0.39, 0.29) is 22.6 Å². The van der Waals surface area contributed by atoms with Gasteiger partial charge in [0, 0.05) is 31.7 Å². The van der Waals surface area contributed by atoms with Crippen LogP contribution < -0.4 is 16.0 Å². The van der Waals surface area contributed by atoms with Crippen molar-refractivity contribution < 1.29 is 18.0 Å². The third-order valence-corrected chi connectivity index (χ3v) is 7.89. The molecule has 2 aromatic rings. The Bertz CT molecular complexity index is 1080. The fourth-order valence-electron chi connectivity index (χ4n) is 4.12. The molecule has 0 radical (unpaired) electrons. The lowest BCUT2D eigenvalue weighted by molar-refractivity contribution is -0.122. The van der Waals surface area contributed by atoms with Crippen molar-refractivity contribution in [3.05, 3.63) is 48.2 Å². The van der Waals surface area contributed by atoms with Crippen molar-refractivity contribution in [1.82, 2.24) is 9.29 Å². The van der Waals surface area contributed by atoms with Crippen molar-refractivity contribution in [3.8, 4) is 0 Å². The van der Waals surface area contributed by atoms with Gasteiger partial charge in [-0.3, -0.25) is 9.59 Å². The lowest BCUT2D eigenvalue weighted by Gasteiger charge is -2.32. The SMILES string of the molecule is NC(=O)C1CCCN(c2ccc(NC(=O)c3ccc(S(=O)(=O)N4CCCC4)cc3)cn2)C1. The summed E-state index contributed by atoms with van der Waals surface area (Å²) in [5, 5.41) is 2.77. The average molecular weight is 458 g/mol. The minimum atomic E-state index is -3.51. The van der Waals surface area contributed by atoms with Gasteiger partial charge in [0.15, 0.2) is 0 Å². The highest BCUT2D eigenvalue weighted by molar-refractivity contribution is 7.89. The van der Waals surface area contributed by atoms with E-state index < -0.39 is 10.0 Å². The van der Waals surface area contributed by atoms with Gasteiger partial charge in [0.05, 0.1) is 22.7 Å². The smallest absolute Gasteiger partial charge is 0.255 e. The Kier molecular flexibility index (Phi) is 6.43. The van der Waals surface area contributed by atoms with Crippen LogP contribution in [0.15, 0.2) is 47.5 Å². The third-order valence-electron chi connectivity index (χ3n) is 5.97. The summed E-state index contributed by atoms with van der Waals surface area (Å²) in [5.74, 6) is -0.0955. The Balaban J connectivity index is 1.39. The Morgan fingerprint density at radius 1 is 1.00 bits per heavy atom. The molecule has 0 spiro atoms. The van der Waals surface area contributed by atoms with Gasteiger partial charge >= 0.3 is 0 Å². The van der Waals surface area contributed by atoms with E-state index in [4.69, 9.17) is 5.73 Å². The molecule has 3 heterocycles. The number of rotatable bonds is 6. The fraction of sp³-hybridized carbons (Fsp3) is 0.409. The first kappa shape index (κ1) is 22.2. The molecule has 2 aliphatic rings. The first-order valence-electron chi connectivity index (χ1n) is 10.8. The molecular formula is C22H27N5O4S. The second kappa shape index (κ2) is 9.25. The molecule has 170 valence electrons. The van der Waals surface area contributed by atoms with E-state index in [0.29, 0.717) is 30.9 Å². The van der Waals surface area contributed by atoms with Crippen LogP contribution in [0.5, 0.6) is 0 Å². The van der Waals surface area contributed by atoms with E-state index in [1.807, 2.05) is 4.90 Å². The van der Waals surface area contributed by atoms with Gasteiger partial charge in [-0.1, -0.05) is 0 Å². The van der Waals surface area contributed by atoms with E-state index in [9.17, 15) is 18.0 Å². The molecule has 2 saturated heterocycles. The van der Waals surface area contributed by atoms with E-state index in [0.717, 1.165) is 38.0 Å². The first-order chi connectivity index (χ1) is 15.3. The van der Waals surface area contributed by atoms with Crippen molar-refractivity contribution in [2.75, 3.05) is 36.4 Å². The number of nitrogens with one attached hydrogen (secondary N) is 1. The number of nitrogens with two attached hydrogens (primary N) is 1. The molecule has 32 heavy (non-hydrogen) atoms. The maximum Gasteiger partial charge on any atom is 0.255 e. The van der Waals surface area contributed by atoms with Gasteiger partial charge in [-0.2, -0.15) is 4.31 Å². The molecular weight excluding hydrogens is 430 g/mol. The number of piperidine rings is 1. The molecule has 1 aromatic heterocycles. The fourth-order valence-corrected chi connectivity index (χ4v) is 5.64. The minimum Gasteiger partial charge on any atom is -0.369 e. The van der Waals surface area contributed by atoms with Crippen LogP contribution in [0.4, 0.5) is 11.5 Å². The molecule has 3 N–H and O–H groups in total. The predicted molar refractivity (Wildman–Crippen MR) is 121 cm³/mol. The highest BCUT2D eigenvalue weighted by atomic mass is 32.2. The van der Waals surface area contributed by atoms with Crippen LogP contribution in [-0.2, 0) is 14.8 Å². The summed E-state index contributed by atoms with van der Waals surface area (Å²) >= 11 is 0. The number of pyridine rings is 1. The van der Waals surface area contributed by atoms with Gasteiger partial charge in [-0.05, 0) is 62.1 Å². The number of sulfonamides is 1. The number of primary amides is 1. The molecule has 2 amide bonds. The van der Waals surface area contributed by atoms with Crippen molar-refractivity contribution in [2.24, 2.45) is 11.7 Å². The van der Waals surface area contributed by atoms with Crippen LogP contribution in [0.1, 0.15) is 36.0 Å². The second-order valence-electron chi connectivity index (χ2n) is 8.18. The first-order valence-corrected chi connectivity index (χ1v) is 12.2. The summed E-state index contributed by atoms with van der Waals surface area (Å²) in [6.45, 7) is 2.41. The molecule has 1 unspecified atom stereocenters. The van der Waals surface area contributed by atoms with E-state index >= 15 is 0 Å². The minimum absolute atomic E-state index is 0.179. The summed E-state index contributed by atoms with van der Waals surface area (Å²) in [6, 6.07) is 9.51. The van der Waals surface area contributed by atoms with Crippen molar-refractivity contribution in [2.45, 2.75) is 30.6 Å². The molecule has 1 aromatic carbocycles. The monoisotopic (exact) mass is 457 g/mol. The van der Waals surface area contributed by atoms with Gasteiger partial charge in [-0.15, -0.1) is 0 Å². The number of carbonyl (C=O) groups is 2. The largest absolute Gasteiger partial charge is 0.369 e. The number of hydrogen-bond acceptors (Lipinski definition) is 6. The van der Waals surface area contributed by atoms with E-state index in [2.05, 4.69) is 10.3 Å². The molecule has 2 fully saturated rings. The van der Waals surface area contributed by atoms with Gasteiger partial charge in [0.2, 0.25) is 15.9 Å². The second-order valence-corrected chi connectivity index (χ2v) is 10.1. The standard InChI is InChI=1S/C22H27N5O4S/c23-21(28)17-4-3-11-26(15-17)20-10-7-18(14-24-20)25-22(29)16-5-8-19(9-6-16)32(30,31)27-12-1-2-13-27/h5-10,14,17H,1-4,11-13,15H2,(H2,23,28)(H,25,29). The molecule has 2 aliphatic heterocycles. The maximum atomic E-state index is 12.6. The topological polar surface area (TPSA) is 126 Å². The lowest BCUT2D eigenvalue weighted by atomic mass is 9.97. The molecule has 10 heteroatoms. The van der Waals surface area contributed by atoms with Crippen molar-refractivity contribution >= 4 is 33.3 Å². The quantitative estimate of drug-likeness (QED) is 0.682. The number of hydrogen-bond donors (Lipinski definition) is 2. The zero-order valence-corrected chi connectivity index (χ0v) is 18.6. The molecule has 4 rings (SSSR count). The normalized spacial score (nSPS) is 19.6. The number of carbonyl (C=O) groups excluding carboxylic acids is 2. The molecule has 1 atom stereocenters. The third kappa shape index (κ3) is 4.76. The average Bonchev–Trinajstić information content (AvgIpc) is 3.36. The summed E-state index contributed by atoms with van der Waals surface area (Å²) < 4.78 is 26.7. The van der Waals surface area contributed by atoms with Gasteiger partial charge in [0.25, 0.3) is 5.91 Å². The van der Waals surface area contributed by atoms with Crippen LogP contribution >= 0.6 is 0 Å². The summed E-state index contributed by atoms with van der Waals surface area (Å²) in [4.78, 5) is 30.7. The van der Waals surface area contributed by atoms with Crippen LogP contribution in [0.25, 0.3) is 0 Å². The molecule has 9 nitrogen and oxygen atoms in total. The van der Waals surface area contributed by atoms with Crippen LogP contribution in [0.2, 0.25) is 0 Å². The Labute approximate surface area is 187 Å². The summed E-state index contributed by atoms with van der Waals surface area (Å²) in [6.07, 6.45) is 4.97. The van der Waals surface area contributed by atoms with Gasteiger partial charge in [-0.25, -0.2) is 13.4 Å². The Hall–Kier alpha value is -2.98. The van der Waals surface area contributed by atoms with Crippen molar-refractivity contribution in [3.63, 3.8) is 0 Å². The van der Waals surface area contributed by atoms with Crippen LogP contribution in [0, 0.1) is 5.92 Å². The predicted octanol–water partition coefficient (Wildman–Crippen LogP) is 1.82. The summed E-state index contributed by atoms with van der Waals surface area (Å²) in [5.41, 5.74) is 6.32. The van der Waals surface area contributed by atoms with E-state index in [1.165, 1.54) is 28.6 Å². The molecule has 0 aliphatic carbocycles. The van der Waals surface area contributed by atoms with Crippen molar-refractivity contribution in [1.29, 1.82) is 0 Å². The van der Waals surface area contributed by atoms with E-state index in [1.54, 1.807) is 18.3 Å². The molecule has 0 saturated carbocycles. The maximum absolute atomic E-state index is 12.6. The summed E-state index contributed by atoms with van der Waals surface area (Å²) in [7, 11) is -3.51. The molecule has 0 bridgehead atoms. The highest BCUT2D eigenvalue weighted by Crippen LogP contribution is 2.23. The Morgan fingerprint density at radius 2 is 1.72 bits per heavy atom. The Morgan fingerprint density at radius 3 is 2.34 bits per heavy atom. The number of anilines is 2. The van der Waals surface area contributed by atoms with Gasteiger partial charge in [0.1, 0.15) is 5.82 Å².